The van der Waals surface area contributed by atoms with Gasteiger partial charge in [0.1, 0.15) is 0 Å². The van der Waals surface area contributed by atoms with Crippen molar-refractivity contribution < 1.29 is 4.74 Å². The minimum atomic E-state index is -0.176. The van der Waals surface area contributed by atoms with Crippen molar-refractivity contribution in [2.75, 3.05) is 7.11 Å². The van der Waals surface area contributed by atoms with Crippen LogP contribution in [0.2, 0.25) is 0 Å². The third-order valence-electron chi connectivity index (χ3n) is 2.79. The SMILES string of the molecule is COc1ccc(Sc2ccc3c(=O)[nH]ncc3c2)cn1. The second-order valence-electron chi connectivity index (χ2n) is 4.09. The number of benzene rings is 1. The summed E-state index contributed by atoms with van der Waals surface area (Å²) >= 11 is 1.57. The lowest BCUT2D eigenvalue weighted by molar-refractivity contribution is 0.397. The number of nitrogens with one attached hydrogen (secondary N) is 1. The Morgan fingerprint density at radius 2 is 2.00 bits per heavy atom. The fourth-order valence-corrected chi connectivity index (χ4v) is 2.66. The number of hydrogen-bond acceptors (Lipinski definition) is 5. The lowest BCUT2D eigenvalue weighted by Crippen LogP contribution is -2.06. The molecule has 0 atom stereocenters. The normalized spacial score (nSPS) is 10.7. The summed E-state index contributed by atoms with van der Waals surface area (Å²) in [6.07, 6.45) is 3.40. The van der Waals surface area contributed by atoms with Gasteiger partial charge in [0.25, 0.3) is 5.56 Å². The summed E-state index contributed by atoms with van der Waals surface area (Å²) in [7, 11) is 1.59. The molecule has 0 saturated carbocycles. The molecule has 20 heavy (non-hydrogen) atoms. The molecular formula is C14H11N3O2S. The van der Waals surface area contributed by atoms with Gasteiger partial charge < -0.3 is 4.74 Å². The van der Waals surface area contributed by atoms with E-state index >= 15 is 0 Å². The summed E-state index contributed by atoms with van der Waals surface area (Å²) in [5.41, 5.74) is -0.176. The van der Waals surface area contributed by atoms with E-state index in [0.717, 1.165) is 15.2 Å². The fraction of sp³-hybridized carbons (Fsp3) is 0.0714. The predicted molar refractivity (Wildman–Crippen MR) is 77.3 cm³/mol. The molecule has 2 aromatic heterocycles. The van der Waals surface area contributed by atoms with Gasteiger partial charge in [0, 0.05) is 27.4 Å². The third-order valence-corrected chi connectivity index (χ3v) is 3.76. The number of hydrogen-bond donors (Lipinski definition) is 1. The molecule has 0 radical (unpaired) electrons. The maximum Gasteiger partial charge on any atom is 0.272 e. The molecule has 3 aromatic rings. The highest BCUT2D eigenvalue weighted by Crippen LogP contribution is 2.29. The minimum Gasteiger partial charge on any atom is -0.481 e. The zero-order valence-electron chi connectivity index (χ0n) is 10.7. The molecule has 0 bridgehead atoms. The first-order valence-corrected chi connectivity index (χ1v) is 6.73. The van der Waals surface area contributed by atoms with Gasteiger partial charge in [-0.25, -0.2) is 10.1 Å². The van der Waals surface area contributed by atoms with Gasteiger partial charge in [-0.05, 0) is 24.3 Å². The topological polar surface area (TPSA) is 67.9 Å². The maximum absolute atomic E-state index is 11.6. The van der Waals surface area contributed by atoms with Gasteiger partial charge in [-0.15, -0.1) is 0 Å². The molecule has 0 aliphatic heterocycles. The van der Waals surface area contributed by atoms with Crippen LogP contribution in [0, 0.1) is 0 Å². The Labute approximate surface area is 119 Å². The largest absolute Gasteiger partial charge is 0.481 e. The highest BCUT2D eigenvalue weighted by Gasteiger charge is 2.03. The maximum atomic E-state index is 11.6. The van der Waals surface area contributed by atoms with E-state index in [1.807, 2.05) is 24.3 Å². The van der Waals surface area contributed by atoms with Crippen LogP contribution in [0.4, 0.5) is 0 Å². The van der Waals surface area contributed by atoms with Crippen LogP contribution in [0.3, 0.4) is 0 Å². The monoisotopic (exact) mass is 285 g/mol. The van der Waals surface area contributed by atoms with Crippen LogP contribution in [0.5, 0.6) is 5.88 Å². The van der Waals surface area contributed by atoms with Gasteiger partial charge in [0.15, 0.2) is 0 Å². The molecule has 0 saturated heterocycles. The number of H-pyrrole nitrogens is 1. The van der Waals surface area contributed by atoms with Crippen molar-refractivity contribution >= 4 is 22.5 Å². The predicted octanol–water partition coefficient (Wildman–Crippen LogP) is 2.48. The zero-order chi connectivity index (χ0) is 13.9. The van der Waals surface area contributed by atoms with Crippen LogP contribution in [-0.2, 0) is 0 Å². The Morgan fingerprint density at radius 1 is 1.15 bits per heavy atom. The molecule has 1 N–H and O–H groups in total. The molecule has 6 heteroatoms. The van der Waals surface area contributed by atoms with Crippen molar-refractivity contribution in [3.05, 3.63) is 53.1 Å². The van der Waals surface area contributed by atoms with E-state index < -0.39 is 0 Å². The molecule has 0 aliphatic carbocycles. The summed E-state index contributed by atoms with van der Waals surface area (Å²) in [4.78, 5) is 17.8. The highest BCUT2D eigenvalue weighted by atomic mass is 32.2. The van der Waals surface area contributed by atoms with Crippen LogP contribution in [-0.4, -0.2) is 22.3 Å². The third kappa shape index (κ3) is 2.50. The Kier molecular flexibility index (Phi) is 3.39. The molecule has 1 aromatic carbocycles. The second-order valence-corrected chi connectivity index (χ2v) is 5.23. The quantitative estimate of drug-likeness (QED) is 0.800. The van der Waals surface area contributed by atoms with Crippen molar-refractivity contribution in [2.45, 2.75) is 9.79 Å². The Hall–Kier alpha value is -2.34. The van der Waals surface area contributed by atoms with Crippen molar-refractivity contribution in [1.82, 2.24) is 15.2 Å². The van der Waals surface area contributed by atoms with E-state index in [4.69, 9.17) is 4.74 Å². The summed E-state index contributed by atoms with van der Waals surface area (Å²) < 4.78 is 5.02. The molecule has 0 fully saturated rings. The van der Waals surface area contributed by atoms with Crippen molar-refractivity contribution in [1.29, 1.82) is 0 Å². The summed E-state index contributed by atoms with van der Waals surface area (Å²) in [5.74, 6) is 0.587. The second kappa shape index (κ2) is 5.34. The first-order chi connectivity index (χ1) is 9.76. The Bertz CT molecular complexity index is 799. The van der Waals surface area contributed by atoms with Crippen molar-refractivity contribution in [3.63, 3.8) is 0 Å². The van der Waals surface area contributed by atoms with Gasteiger partial charge in [-0.2, -0.15) is 5.10 Å². The molecule has 0 aliphatic rings. The number of pyridine rings is 1. The van der Waals surface area contributed by atoms with Gasteiger partial charge in [0.2, 0.25) is 5.88 Å². The van der Waals surface area contributed by atoms with E-state index in [-0.39, 0.29) is 5.56 Å². The Balaban J connectivity index is 1.92. The number of ether oxygens (including phenoxy) is 1. The van der Waals surface area contributed by atoms with Crippen LogP contribution < -0.4 is 10.3 Å². The lowest BCUT2D eigenvalue weighted by Gasteiger charge is -2.04. The fourth-order valence-electron chi connectivity index (χ4n) is 1.82. The molecule has 5 nitrogen and oxygen atoms in total. The van der Waals surface area contributed by atoms with Crippen molar-refractivity contribution in [3.8, 4) is 5.88 Å². The Morgan fingerprint density at radius 3 is 2.75 bits per heavy atom. The molecule has 2 heterocycles. The standard InChI is InChI=1S/C14H11N3O2S/c1-19-13-5-3-11(8-15-13)20-10-2-4-12-9(6-10)7-16-17-14(12)18/h2-8H,1H3,(H,17,18). The average molecular weight is 285 g/mol. The lowest BCUT2D eigenvalue weighted by atomic mass is 10.2. The van der Waals surface area contributed by atoms with E-state index in [1.54, 1.807) is 37.3 Å². The first-order valence-electron chi connectivity index (χ1n) is 5.91. The van der Waals surface area contributed by atoms with Gasteiger partial charge in [-0.3, -0.25) is 4.79 Å². The molecule has 0 unspecified atom stereocenters. The number of nitrogens with zero attached hydrogens (tertiary/aromatic N) is 2. The number of rotatable bonds is 3. The summed E-state index contributed by atoms with van der Waals surface area (Å²) in [5, 5.41) is 7.68. The number of fused-ring (bicyclic) bond motifs is 1. The van der Waals surface area contributed by atoms with E-state index in [1.165, 1.54) is 0 Å². The smallest absolute Gasteiger partial charge is 0.272 e. The molecule has 100 valence electrons. The molecular weight excluding hydrogens is 274 g/mol. The van der Waals surface area contributed by atoms with Gasteiger partial charge >= 0.3 is 0 Å². The zero-order valence-corrected chi connectivity index (χ0v) is 11.5. The van der Waals surface area contributed by atoms with Gasteiger partial charge in [0.05, 0.1) is 18.7 Å². The van der Waals surface area contributed by atoms with E-state index in [0.29, 0.717) is 11.3 Å². The van der Waals surface area contributed by atoms with Crippen LogP contribution in [0.15, 0.2) is 57.3 Å². The van der Waals surface area contributed by atoms with E-state index in [9.17, 15) is 4.79 Å². The minimum absolute atomic E-state index is 0.176. The molecule has 3 rings (SSSR count). The first kappa shape index (κ1) is 12.7. The van der Waals surface area contributed by atoms with Gasteiger partial charge in [-0.1, -0.05) is 11.8 Å². The number of aromatic amines is 1. The average Bonchev–Trinajstić information content (AvgIpc) is 2.48. The summed E-state index contributed by atoms with van der Waals surface area (Å²) in [6, 6.07) is 9.40. The number of methoxy groups -OCH3 is 1. The number of aromatic nitrogens is 3. The highest BCUT2D eigenvalue weighted by molar-refractivity contribution is 7.99. The van der Waals surface area contributed by atoms with E-state index in [2.05, 4.69) is 15.2 Å². The summed E-state index contributed by atoms with van der Waals surface area (Å²) in [6.45, 7) is 0. The van der Waals surface area contributed by atoms with Crippen LogP contribution in [0.25, 0.3) is 10.8 Å². The molecule has 0 spiro atoms. The van der Waals surface area contributed by atoms with Crippen molar-refractivity contribution in [2.24, 2.45) is 0 Å². The molecule has 0 amide bonds. The van der Waals surface area contributed by atoms with Crippen LogP contribution >= 0.6 is 11.8 Å². The van der Waals surface area contributed by atoms with Crippen LogP contribution in [0.1, 0.15) is 0 Å².